The molecule has 0 saturated carbocycles. The Labute approximate surface area is 205 Å². The van der Waals surface area contributed by atoms with Crippen molar-refractivity contribution >= 4 is 27.3 Å². The number of nitrogens with one attached hydrogen (secondary N) is 2. The van der Waals surface area contributed by atoms with Crippen LogP contribution in [0.15, 0.2) is 95.9 Å². The van der Waals surface area contributed by atoms with Gasteiger partial charge in [0.1, 0.15) is 5.75 Å². The fourth-order valence-corrected chi connectivity index (χ4v) is 4.94. The smallest absolute Gasteiger partial charge is 0.262 e. The first-order valence-corrected chi connectivity index (χ1v) is 12.6. The highest BCUT2D eigenvalue weighted by Gasteiger charge is 2.21. The highest BCUT2D eigenvalue weighted by molar-refractivity contribution is 7.92. The van der Waals surface area contributed by atoms with Crippen LogP contribution in [0.2, 0.25) is 0 Å². The standard InChI is InChI=1S/C28H26N2O4S/c1-19-13-14-20(2)25(17-19)30-35(32,33)27-18-22(16-15-21(27)3)28(31)29-24-11-7-8-12-26(24)34-23-9-5-4-6-10-23/h4-18,30H,1-3H3,(H,29,31). The molecule has 0 spiro atoms. The van der Waals surface area contributed by atoms with Gasteiger partial charge >= 0.3 is 0 Å². The number of para-hydroxylation sites is 3. The lowest BCUT2D eigenvalue weighted by Gasteiger charge is -2.15. The number of sulfonamides is 1. The van der Waals surface area contributed by atoms with Crippen molar-refractivity contribution in [3.8, 4) is 11.5 Å². The molecule has 0 unspecified atom stereocenters. The molecule has 4 rings (SSSR count). The summed E-state index contributed by atoms with van der Waals surface area (Å²) in [7, 11) is -3.92. The minimum absolute atomic E-state index is 0.0416. The van der Waals surface area contributed by atoms with Crippen molar-refractivity contribution in [2.75, 3.05) is 10.0 Å². The van der Waals surface area contributed by atoms with E-state index in [1.165, 1.54) is 6.07 Å². The van der Waals surface area contributed by atoms with Crippen molar-refractivity contribution in [1.82, 2.24) is 0 Å². The third-order valence-corrected chi connectivity index (χ3v) is 6.99. The van der Waals surface area contributed by atoms with Crippen LogP contribution in [0, 0.1) is 20.8 Å². The number of hydrogen-bond donors (Lipinski definition) is 2. The predicted octanol–water partition coefficient (Wildman–Crippen LogP) is 6.46. The molecule has 1 amide bonds. The molecule has 4 aromatic carbocycles. The lowest BCUT2D eigenvalue weighted by atomic mass is 10.1. The Morgan fingerprint density at radius 2 is 1.43 bits per heavy atom. The van der Waals surface area contributed by atoms with E-state index in [0.717, 1.165) is 11.1 Å². The normalized spacial score (nSPS) is 11.1. The molecule has 0 aliphatic heterocycles. The average Bonchev–Trinajstić information content (AvgIpc) is 2.83. The topological polar surface area (TPSA) is 84.5 Å². The van der Waals surface area contributed by atoms with Crippen molar-refractivity contribution in [2.24, 2.45) is 0 Å². The lowest BCUT2D eigenvalue weighted by Crippen LogP contribution is -2.18. The summed E-state index contributed by atoms with van der Waals surface area (Å²) in [6.45, 7) is 5.43. The molecule has 7 heteroatoms. The molecule has 4 aromatic rings. The summed E-state index contributed by atoms with van der Waals surface area (Å²) in [6.07, 6.45) is 0. The zero-order valence-corrected chi connectivity index (χ0v) is 20.5. The molecule has 0 aromatic heterocycles. The van der Waals surface area contributed by atoms with Gasteiger partial charge in [-0.1, -0.05) is 48.5 Å². The summed E-state index contributed by atoms with van der Waals surface area (Å²) in [5.41, 5.74) is 3.47. The van der Waals surface area contributed by atoms with Gasteiger partial charge in [-0.05, 0) is 79.9 Å². The minimum Gasteiger partial charge on any atom is -0.455 e. The number of aryl methyl sites for hydroxylation is 3. The van der Waals surface area contributed by atoms with Gasteiger partial charge in [-0.25, -0.2) is 8.42 Å². The molecule has 0 aliphatic rings. The van der Waals surface area contributed by atoms with Gasteiger partial charge in [-0.2, -0.15) is 0 Å². The van der Waals surface area contributed by atoms with Crippen LogP contribution in [0.3, 0.4) is 0 Å². The van der Waals surface area contributed by atoms with Crippen LogP contribution < -0.4 is 14.8 Å². The quantitative estimate of drug-likeness (QED) is 0.314. The number of hydrogen-bond acceptors (Lipinski definition) is 4. The summed E-state index contributed by atoms with van der Waals surface area (Å²) >= 11 is 0. The van der Waals surface area contributed by atoms with Crippen molar-refractivity contribution in [3.63, 3.8) is 0 Å². The Bertz CT molecular complexity index is 1480. The molecule has 0 bridgehead atoms. The molecule has 178 valence electrons. The maximum atomic E-state index is 13.2. The Hall–Kier alpha value is -4.10. The fourth-order valence-electron chi connectivity index (χ4n) is 3.55. The molecular weight excluding hydrogens is 460 g/mol. The molecule has 0 atom stereocenters. The van der Waals surface area contributed by atoms with Crippen molar-refractivity contribution < 1.29 is 17.9 Å². The first-order valence-electron chi connectivity index (χ1n) is 11.1. The summed E-state index contributed by atoms with van der Waals surface area (Å²) in [5.74, 6) is 0.663. The van der Waals surface area contributed by atoms with E-state index < -0.39 is 15.9 Å². The van der Waals surface area contributed by atoms with Crippen LogP contribution in [-0.2, 0) is 10.0 Å². The molecular formula is C28H26N2O4S. The van der Waals surface area contributed by atoms with Gasteiger partial charge in [-0.15, -0.1) is 0 Å². The van der Waals surface area contributed by atoms with E-state index in [-0.39, 0.29) is 10.5 Å². The van der Waals surface area contributed by atoms with Crippen LogP contribution in [0.4, 0.5) is 11.4 Å². The number of carbonyl (C=O) groups is 1. The number of rotatable bonds is 7. The van der Waals surface area contributed by atoms with E-state index in [4.69, 9.17) is 4.74 Å². The Morgan fingerprint density at radius 1 is 0.743 bits per heavy atom. The molecule has 35 heavy (non-hydrogen) atoms. The second-order valence-corrected chi connectivity index (χ2v) is 9.92. The van der Waals surface area contributed by atoms with Crippen LogP contribution in [-0.4, -0.2) is 14.3 Å². The van der Waals surface area contributed by atoms with E-state index in [9.17, 15) is 13.2 Å². The van der Waals surface area contributed by atoms with Gasteiger partial charge < -0.3 is 10.1 Å². The number of anilines is 2. The molecule has 0 fully saturated rings. The SMILES string of the molecule is Cc1ccc(C)c(NS(=O)(=O)c2cc(C(=O)Nc3ccccc3Oc3ccccc3)ccc2C)c1. The van der Waals surface area contributed by atoms with E-state index in [0.29, 0.717) is 28.4 Å². The van der Waals surface area contributed by atoms with Gasteiger partial charge in [0.05, 0.1) is 16.3 Å². The third kappa shape index (κ3) is 5.70. The van der Waals surface area contributed by atoms with Crippen molar-refractivity contribution in [1.29, 1.82) is 0 Å². The largest absolute Gasteiger partial charge is 0.455 e. The van der Waals surface area contributed by atoms with E-state index in [1.807, 2.05) is 62.4 Å². The second-order valence-electron chi connectivity index (χ2n) is 8.27. The van der Waals surface area contributed by atoms with Crippen molar-refractivity contribution in [3.05, 3.63) is 113 Å². The maximum Gasteiger partial charge on any atom is 0.262 e. The van der Waals surface area contributed by atoms with Crippen LogP contribution in [0.1, 0.15) is 27.0 Å². The summed E-state index contributed by atoms with van der Waals surface area (Å²) in [6, 6.07) is 26.5. The molecule has 2 N–H and O–H groups in total. The van der Waals surface area contributed by atoms with Crippen molar-refractivity contribution in [2.45, 2.75) is 25.7 Å². The third-order valence-electron chi connectivity index (χ3n) is 5.48. The van der Waals surface area contributed by atoms with Crippen LogP contribution >= 0.6 is 0 Å². The zero-order chi connectivity index (χ0) is 25.0. The number of carbonyl (C=O) groups excluding carboxylic acids is 1. The number of amides is 1. The first-order chi connectivity index (χ1) is 16.7. The van der Waals surface area contributed by atoms with Gasteiger partial charge in [0.15, 0.2) is 5.75 Å². The minimum atomic E-state index is -3.92. The number of benzene rings is 4. The predicted molar refractivity (Wildman–Crippen MR) is 139 cm³/mol. The molecule has 0 heterocycles. The molecule has 6 nitrogen and oxygen atoms in total. The Kier molecular flexibility index (Phi) is 6.89. The second kappa shape index (κ2) is 10.0. The first kappa shape index (κ1) is 24.0. The van der Waals surface area contributed by atoms with E-state index in [1.54, 1.807) is 43.3 Å². The summed E-state index contributed by atoms with van der Waals surface area (Å²) < 4.78 is 35.0. The molecule has 0 saturated heterocycles. The maximum absolute atomic E-state index is 13.2. The number of ether oxygens (including phenoxy) is 1. The lowest BCUT2D eigenvalue weighted by molar-refractivity contribution is 0.102. The summed E-state index contributed by atoms with van der Waals surface area (Å²) in [5, 5.41) is 2.83. The average molecular weight is 487 g/mol. The van der Waals surface area contributed by atoms with Gasteiger partial charge in [0, 0.05) is 5.56 Å². The Morgan fingerprint density at radius 3 is 2.20 bits per heavy atom. The Balaban J connectivity index is 1.60. The zero-order valence-electron chi connectivity index (χ0n) is 19.7. The molecule has 0 aliphatic carbocycles. The van der Waals surface area contributed by atoms with Crippen LogP contribution in [0.5, 0.6) is 11.5 Å². The van der Waals surface area contributed by atoms with E-state index >= 15 is 0 Å². The fraction of sp³-hybridized carbons (Fsp3) is 0.107. The van der Waals surface area contributed by atoms with E-state index in [2.05, 4.69) is 10.0 Å². The van der Waals surface area contributed by atoms with Gasteiger partial charge in [0.2, 0.25) is 0 Å². The van der Waals surface area contributed by atoms with Gasteiger partial charge in [-0.3, -0.25) is 9.52 Å². The summed E-state index contributed by atoms with van der Waals surface area (Å²) in [4.78, 5) is 13.1. The molecule has 0 radical (unpaired) electrons. The highest BCUT2D eigenvalue weighted by Crippen LogP contribution is 2.30. The monoisotopic (exact) mass is 486 g/mol. The highest BCUT2D eigenvalue weighted by atomic mass is 32.2. The van der Waals surface area contributed by atoms with Crippen LogP contribution in [0.25, 0.3) is 0 Å². The van der Waals surface area contributed by atoms with Gasteiger partial charge in [0.25, 0.3) is 15.9 Å².